The molecule has 3 rings (SSSR count). The molecule has 0 aliphatic carbocycles. The number of nitrogens with one attached hydrogen (secondary N) is 2. The van der Waals surface area contributed by atoms with E-state index < -0.39 is 0 Å². The SMILES string of the molecule is CC[C@H]1C(=O)NCCN1C(=O)c1cccc2cc[nH]c12. The van der Waals surface area contributed by atoms with Crippen molar-refractivity contribution in [1.29, 1.82) is 0 Å². The number of hydrogen-bond acceptors (Lipinski definition) is 2. The number of aromatic nitrogens is 1. The number of piperazine rings is 1. The van der Waals surface area contributed by atoms with E-state index in [2.05, 4.69) is 10.3 Å². The number of carbonyl (C=O) groups excluding carboxylic acids is 2. The van der Waals surface area contributed by atoms with Gasteiger partial charge in [0.05, 0.1) is 11.1 Å². The molecule has 1 fully saturated rings. The third-order valence-electron chi connectivity index (χ3n) is 3.80. The second kappa shape index (κ2) is 5.00. The highest BCUT2D eigenvalue weighted by Gasteiger charge is 2.32. The molecule has 20 heavy (non-hydrogen) atoms. The molecule has 0 saturated carbocycles. The van der Waals surface area contributed by atoms with Crippen LogP contribution in [0.4, 0.5) is 0 Å². The molecule has 1 atom stereocenters. The van der Waals surface area contributed by atoms with Crippen molar-refractivity contribution in [1.82, 2.24) is 15.2 Å². The van der Waals surface area contributed by atoms with Crippen LogP contribution in [-0.4, -0.2) is 40.8 Å². The van der Waals surface area contributed by atoms with Crippen molar-refractivity contribution in [2.45, 2.75) is 19.4 Å². The molecule has 1 aliphatic heterocycles. The Kier molecular flexibility index (Phi) is 3.18. The van der Waals surface area contributed by atoms with E-state index in [1.807, 2.05) is 31.3 Å². The minimum atomic E-state index is -0.374. The van der Waals surface area contributed by atoms with Gasteiger partial charge in [0.2, 0.25) is 5.91 Å². The van der Waals surface area contributed by atoms with Crippen LogP contribution in [0, 0.1) is 0 Å². The van der Waals surface area contributed by atoms with Crippen LogP contribution >= 0.6 is 0 Å². The number of carbonyl (C=O) groups is 2. The predicted molar refractivity (Wildman–Crippen MR) is 76.4 cm³/mol. The van der Waals surface area contributed by atoms with E-state index in [-0.39, 0.29) is 17.9 Å². The van der Waals surface area contributed by atoms with Crippen molar-refractivity contribution in [3.05, 3.63) is 36.0 Å². The van der Waals surface area contributed by atoms with Gasteiger partial charge in [0, 0.05) is 24.7 Å². The van der Waals surface area contributed by atoms with Crippen molar-refractivity contribution in [2.24, 2.45) is 0 Å². The zero-order chi connectivity index (χ0) is 14.1. The Morgan fingerprint density at radius 2 is 2.25 bits per heavy atom. The first-order valence-corrected chi connectivity index (χ1v) is 6.87. The van der Waals surface area contributed by atoms with Crippen LogP contribution < -0.4 is 5.32 Å². The lowest BCUT2D eigenvalue weighted by atomic mass is 10.1. The van der Waals surface area contributed by atoms with Crippen molar-refractivity contribution < 1.29 is 9.59 Å². The van der Waals surface area contributed by atoms with Crippen LogP contribution in [0.5, 0.6) is 0 Å². The molecule has 1 saturated heterocycles. The Morgan fingerprint density at radius 3 is 3.05 bits per heavy atom. The Morgan fingerprint density at radius 1 is 1.40 bits per heavy atom. The largest absolute Gasteiger partial charge is 0.361 e. The summed E-state index contributed by atoms with van der Waals surface area (Å²) in [6, 6.07) is 7.20. The van der Waals surface area contributed by atoms with E-state index in [0.29, 0.717) is 25.1 Å². The topological polar surface area (TPSA) is 65.2 Å². The smallest absolute Gasteiger partial charge is 0.256 e. The third kappa shape index (κ3) is 1.95. The van der Waals surface area contributed by atoms with E-state index in [9.17, 15) is 9.59 Å². The third-order valence-corrected chi connectivity index (χ3v) is 3.80. The molecule has 0 radical (unpaired) electrons. The maximum Gasteiger partial charge on any atom is 0.256 e. The first-order valence-electron chi connectivity index (χ1n) is 6.87. The number of nitrogens with zero attached hydrogens (tertiary/aromatic N) is 1. The van der Waals surface area contributed by atoms with Crippen molar-refractivity contribution in [3.63, 3.8) is 0 Å². The fraction of sp³-hybridized carbons (Fsp3) is 0.333. The highest BCUT2D eigenvalue weighted by Crippen LogP contribution is 2.21. The summed E-state index contributed by atoms with van der Waals surface area (Å²) in [6.07, 6.45) is 2.44. The van der Waals surface area contributed by atoms with Crippen LogP contribution in [0.2, 0.25) is 0 Å². The van der Waals surface area contributed by atoms with Crippen LogP contribution in [-0.2, 0) is 4.79 Å². The average molecular weight is 271 g/mol. The van der Waals surface area contributed by atoms with E-state index in [0.717, 1.165) is 10.9 Å². The molecule has 5 nitrogen and oxygen atoms in total. The number of hydrogen-bond donors (Lipinski definition) is 2. The lowest BCUT2D eigenvalue weighted by Crippen LogP contribution is -2.56. The number of para-hydroxylation sites is 1. The summed E-state index contributed by atoms with van der Waals surface area (Å²) in [5.74, 6) is -0.148. The normalized spacial score (nSPS) is 19.1. The molecule has 1 aromatic carbocycles. The van der Waals surface area contributed by atoms with Gasteiger partial charge in [-0.25, -0.2) is 0 Å². The zero-order valence-electron chi connectivity index (χ0n) is 11.3. The minimum Gasteiger partial charge on any atom is -0.361 e. The first kappa shape index (κ1) is 12.7. The standard InChI is InChI=1S/C15H17N3O2/c1-2-12-14(19)17-8-9-18(12)15(20)11-5-3-4-10-6-7-16-13(10)11/h3-7,12,16H,2,8-9H2,1H3,(H,17,19)/t12-/m0/s1. The molecule has 0 spiro atoms. The molecule has 2 N–H and O–H groups in total. The highest BCUT2D eigenvalue weighted by atomic mass is 16.2. The maximum atomic E-state index is 12.8. The molecule has 1 aromatic heterocycles. The Labute approximate surface area is 117 Å². The molecule has 0 bridgehead atoms. The van der Waals surface area contributed by atoms with Gasteiger partial charge in [0.25, 0.3) is 5.91 Å². The second-order valence-corrected chi connectivity index (χ2v) is 4.96. The van der Waals surface area contributed by atoms with Crippen molar-refractivity contribution in [2.75, 3.05) is 13.1 Å². The van der Waals surface area contributed by atoms with Gasteiger partial charge in [-0.15, -0.1) is 0 Å². The summed E-state index contributed by atoms with van der Waals surface area (Å²) >= 11 is 0. The van der Waals surface area contributed by atoms with Gasteiger partial charge >= 0.3 is 0 Å². The van der Waals surface area contributed by atoms with E-state index in [1.54, 1.807) is 11.0 Å². The number of rotatable bonds is 2. The number of benzene rings is 1. The van der Waals surface area contributed by atoms with E-state index >= 15 is 0 Å². The van der Waals surface area contributed by atoms with Crippen LogP contribution in [0.25, 0.3) is 10.9 Å². The fourth-order valence-electron chi connectivity index (χ4n) is 2.78. The van der Waals surface area contributed by atoms with Gasteiger partial charge < -0.3 is 15.2 Å². The number of fused-ring (bicyclic) bond motifs is 1. The molecule has 0 unspecified atom stereocenters. The second-order valence-electron chi connectivity index (χ2n) is 4.96. The van der Waals surface area contributed by atoms with Crippen molar-refractivity contribution in [3.8, 4) is 0 Å². The number of aromatic amines is 1. The van der Waals surface area contributed by atoms with Crippen molar-refractivity contribution >= 4 is 22.7 Å². The first-order chi connectivity index (χ1) is 9.72. The van der Waals surface area contributed by atoms with Gasteiger partial charge in [-0.2, -0.15) is 0 Å². The van der Waals surface area contributed by atoms with Gasteiger partial charge in [-0.1, -0.05) is 19.1 Å². The van der Waals surface area contributed by atoms with Gasteiger partial charge in [-0.05, 0) is 18.6 Å². The van der Waals surface area contributed by atoms with Crippen LogP contribution in [0.1, 0.15) is 23.7 Å². The Hall–Kier alpha value is -2.30. The lowest BCUT2D eigenvalue weighted by molar-refractivity contribution is -0.127. The number of amides is 2. The Balaban J connectivity index is 1.99. The van der Waals surface area contributed by atoms with E-state index in [4.69, 9.17) is 0 Å². The molecule has 1 aliphatic rings. The molecule has 104 valence electrons. The van der Waals surface area contributed by atoms with Crippen LogP contribution in [0.3, 0.4) is 0 Å². The average Bonchev–Trinajstić information content (AvgIpc) is 2.94. The molecular formula is C15H17N3O2. The van der Waals surface area contributed by atoms with Gasteiger partial charge in [-0.3, -0.25) is 9.59 Å². The molecule has 2 heterocycles. The molecule has 5 heteroatoms. The quantitative estimate of drug-likeness (QED) is 0.869. The summed E-state index contributed by atoms with van der Waals surface area (Å²) in [4.78, 5) is 29.4. The van der Waals surface area contributed by atoms with Gasteiger partial charge in [0.1, 0.15) is 6.04 Å². The highest BCUT2D eigenvalue weighted by molar-refractivity contribution is 6.07. The monoisotopic (exact) mass is 271 g/mol. The summed E-state index contributed by atoms with van der Waals surface area (Å²) in [5, 5.41) is 3.82. The lowest BCUT2D eigenvalue weighted by Gasteiger charge is -2.34. The fourth-order valence-corrected chi connectivity index (χ4v) is 2.78. The molecular weight excluding hydrogens is 254 g/mol. The molecule has 2 aromatic rings. The minimum absolute atomic E-state index is 0.0641. The summed E-state index contributed by atoms with van der Waals surface area (Å²) < 4.78 is 0. The zero-order valence-corrected chi connectivity index (χ0v) is 11.3. The predicted octanol–water partition coefficient (Wildman–Crippen LogP) is 1.52. The maximum absolute atomic E-state index is 12.8. The van der Waals surface area contributed by atoms with Crippen LogP contribution in [0.15, 0.2) is 30.5 Å². The molecule has 2 amide bonds. The van der Waals surface area contributed by atoms with Gasteiger partial charge in [0.15, 0.2) is 0 Å². The summed E-state index contributed by atoms with van der Waals surface area (Å²) in [6.45, 7) is 2.99. The number of H-pyrrole nitrogens is 1. The Bertz CT molecular complexity index is 662. The van der Waals surface area contributed by atoms with E-state index in [1.165, 1.54) is 0 Å². The summed E-state index contributed by atoms with van der Waals surface area (Å²) in [7, 11) is 0. The summed E-state index contributed by atoms with van der Waals surface area (Å²) in [5.41, 5.74) is 1.46.